The number of carbonyl (C=O) groups excluding carboxylic acids is 1. The lowest BCUT2D eigenvalue weighted by Crippen LogP contribution is -2.47. The fourth-order valence-electron chi connectivity index (χ4n) is 6.50. The van der Waals surface area contributed by atoms with Crippen LogP contribution >= 0.6 is 24.0 Å². The number of hydrogen-bond donors (Lipinski definition) is 0. The van der Waals surface area contributed by atoms with Crippen LogP contribution in [0.2, 0.25) is 5.15 Å². The van der Waals surface area contributed by atoms with Gasteiger partial charge in [-0.2, -0.15) is 0 Å². The normalized spacial score (nSPS) is 35.8. The first kappa shape index (κ1) is 23.3. The molecule has 180 valence electrons. The highest BCUT2D eigenvalue weighted by Gasteiger charge is 2.69. The van der Waals surface area contributed by atoms with E-state index in [-0.39, 0.29) is 36.1 Å². The Morgan fingerprint density at radius 1 is 1.00 bits per heavy atom. The SMILES string of the molecule is Cl.O=C1C2C3C=CC(C4CC34)C2S(=O)(=O)N1CCCCN1CCN(c2cncc(Cl)n2)CC1. The lowest BCUT2D eigenvalue weighted by atomic mass is 9.68. The Bertz CT molecular complexity index is 1060. The minimum absolute atomic E-state index is 0. The highest BCUT2D eigenvalue weighted by atomic mass is 35.5. The first-order valence-corrected chi connectivity index (χ1v) is 13.5. The summed E-state index contributed by atoms with van der Waals surface area (Å²) < 4.78 is 27.7. The second kappa shape index (κ2) is 8.66. The van der Waals surface area contributed by atoms with Crippen LogP contribution < -0.4 is 4.90 Å². The Hall–Kier alpha value is -1.42. The van der Waals surface area contributed by atoms with Gasteiger partial charge in [0.1, 0.15) is 11.0 Å². The number of piperazine rings is 1. The first-order valence-electron chi connectivity index (χ1n) is 11.6. The summed E-state index contributed by atoms with van der Waals surface area (Å²) in [5.41, 5.74) is 0. The third-order valence-electron chi connectivity index (χ3n) is 8.14. The highest BCUT2D eigenvalue weighted by molar-refractivity contribution is 7.90. The number of aromatic nitrogens is 2. The molecule has 1 aromatic rings. The van der Waals surface area contributed by atoms with Crippen molar-refractivity contribution in [1.82, 2.24) is 19.2 Å². The van der Waals surface area contributed by atoms with E-state index >= 15 is 0 Å². The van der Waals surface area contributed by atoms with Gasteiger partial charge in [0.15, 0.2) is 0 Å². The molecule has 6 aliphatic rings. The maximum absolute atomic E-state index is 13.2. The van der Waals surface area contributed by atoms with E-state index < -0.39 is 15.3 Å². The summed E-state index contributed by atoms with van der Waals surface area (Å²) in [6, 6.07) is 0. The van der Waals surface area contributed by atoms with Crippen molar-refractivity contribution < 1.29 is 13.2 Å². The number of halogens is 2. The highest BCUT2D eigenvalue weighted by Crippen LogP contribution is 2.64. The predicted octanol–water partition coefficient (Wildman–Crippen LogP) is 2.06. The molecule has 0 spiro atoms. The van der Waals surface area contributed by atoms with E-state index in [1.165, 1.54) is 10.5 Å². The van der Waals surface area contributed by atoms with Crippen LogP contribution in [0.4, 0.5) is 5.82 Å². The smallest absolute Gasteiger partial charge is 0.241 e. The lowest BCUT2D eigenvalue weighted by Gasteiger charge is -2.37. The van der Waals surface area contributed by atoms with E-state index in [1.54, 1.807) is 6.20 Å². The Morgan fingerprint density at radius 3 is 2.45 bits per heavy atom. The van der Waals surface area contributed by atoms with Crippen molar-refractivity contribution in [3.63, 3.8) is 0 Å². The molecule has 0 aromatic carbocycles. The number of allylic oxidation sites excluding steroid dienone is 2. The van der Waals surface area contributed by atoms with Gasteiger partial charge in [-0.1, -0.05) is 23.8 Å². The summed E-state index contributed by atoms with van der Waals surface area (Å²) in [6.07, 6.45) is 10.2. The van der Waals surface area contributed by atoms with E-state index in [0.717, 1.165) is 51.4 Å². The van der Waals surface area contributed by atoms with Gasteiger partial charge in [0, 0.05) is 32.7 Å². The third-order valence-corrected chi connectivity index (χ3v) is 10.6. The Labute approximate surface area is 205 Å². The number of rotatable bonds is 6. The van der Waals surface area contributed by atoms with Crippen LogP contribution in [-0.2, 0) is 14.8 Å². The molecule has 3 heterocycles. The van der Waals surface area contributed by atoms with E-state index in [9.17, 15) is 13.2 Å². The summed E-state index contributed by atoms with van der Waals surface area (Å²) in [6.45, 7) is 4.76. The fourth-order valence-corrected chi connectivity index (χ4v) is 9.05. The van der Waals surface area contributed by atoms with Crippen molar-refractivity contribution in [2.45, 2.75) is 24.5 Å². The largest absolute Gasteiger partial charge is 0.353 e. The van der Waals surface area contributed by atoms with Crippen molar-refractivity contribution in [1.29, 1.82) is 0 Å². The van der Waals surface area contributed by atoms with Gasteiger partial charge in [-0.05, 0) is 49.5 Å². The van der Waals surface area contributed by atoms with Gasteiger partial charge in [-0.25, -0.2) is 17.7 Å². The van der Waals surface area contributed by atoms with Crippen molar-refractivity contribution >= 4 is 45.8 Å². The van der Waals surface area contributed by atoms with Gasteiger partial charge in [0.25, 0.3) is 0 Å². The number of anilines is 1. The molecule has 0 N–H and O–H groups in total. The zero-order valence-electron chi connectivity index (χ0n) is 18.3. The molecule has 7 rings (SSSR count). The van der Waals surface area contributed by atoms with Gasteiger partial charge >= 0.3 is 0 Å². The summed E-state index contributed by atoms with van der Waals surface area (Å²) in [5.74, 6) is 1.55. The standard InChI is InChI=1S/C22H28ClN5O3S.ClH/c23-18-12-24-13-19(25-18)27-9-7-26(8-10-27)5-1-2-6-28-22(29)20-14-3-4-15(17-11-16(14)17)21(20)32(28,30)31;/h3-4,12-17,20-21H,1-2,5-11H2;1H. The monoisotopic (exact) mass is 513 g/mol. The summed E-state index contributed by atoms with van der Waals surface area (Å²) in [7, 11) is -3.53. The average Bonchev–Trinajstić information content (AvgIpc) is 3.58. The van der Waals surface area contributed by atoms with Crippen LogP contribution in [0.1, 0.15) is 19.3 Å². The Balaban J connectivity index is 0.00000228. The van der Waals surface area contributed by atoms with Crippen LogP contribution in [0, 0.1) is 29.6 Å². The van der Waals surface area contributed by atoms with Crippen LogP contribution in [0.25, 0.3) is 0 Å². The molecular formula is C22H29Cl2N5O3S. The quantitative estimate of drug-likeness (QED) is 0.424. The molecular weight excluding hydrogens is 485 g/mol. The van der Waals surface area contributed by atoms with Crippen molar-refractivity contribution in [2.75, 3.05) is 44.2 Å². The molecule has 8 nitrogen and oxygen atoms in total. The Kier molecular flexibility index (Phi) is 6.12. The molecule has 4 fully saturated rings. The average molecular weight is 514 g/mol. The van der Waals surface area contributed by atoms with Crippen molar-refractivity contribution in [2.24, 2.45) is 29.6 Å². The van der Waals surface area contributed by atoms with E-state index in [0.29, 0.717) is 30.0 Å². The van der Waals surface area contributed by atoms with Crippen LogP contribution in [-0.4, -0.2) is 78.0 Å². The molecule has 11 heteroatoms. The van der Waals surface area contributed by atoms with Gasteiger partial charge in [0.2, 0.25) is 15.9 Å². The number of hydrogen-bond acceptors (Lipinski definition) is 7. The molecule has 1 amide bonds. The van der Waals surface area contributed by atoms with E-state index in [4.69, 9.17) is 11.6 Å². The van der Waals surface area contributed by atoms with Gasteiger partial charge < -0.3 is 4.90 Å². The molecule has 0 radical (unpaired) electrons. The molecule has 2 bridgehead atoms. The van der Waals surface area contributed by atoms with Crippen molar-refractivity contribution in [3.8, 4) is 0 Å². The molecule has 33 heavy (non-hydrogen) atoms. The molecule has 2 saturated heterocycles. The van der Waals surface area contributed by atoms with Gasteiger partial charge in [0.05, 0.1) is 23.6 Å². The Morgan fingerprint density at radius 2 is 1.70 bits per heavy atom. The summed E-state index contributed by atoms with van der Waals surface area (Å²) >= 11 is 5.95. The van der Waals surface area contributed by atoms with E-state index in [2.05, 4.69) is 31.9 Å². The number of amides is 1. The first-order chi connectivity index (χ1) is 15.4. The second-order valence-corrected chi connectivity index (χ2v) is 12.2. The molecule has 4 aliphatic carbocycles. The molecule has 6 atom stereocenters. The molecule has 2 aliphatic heterocycles. The number of sulfonamides is 1. The minimum Gasteiger partial charge on any atom is -0.353 e. The maximum Gasteiger partial charge on any atom is 0.241 e. The number of unbranched alkanes of at least 4 members (excludes halogenated alkanes) is 1. The summed E-state index contributed by atoms with van der Waals surface area (Å²) in [4.78, 5) is 26.1. The minimum atomic E-state index is -3.53. The topological polar surface area (TPSA) is 86.7 Å². The van der Waals surface area contributed by atoms with Gasteiger partial charge in [-0.15, -0.1) is 12.4 Å². The van der Waals surface area contributed by atoms with Crippen LogP contribution in [0.5, 0.6) is 0 Å². The third kappa shape index (κ3) is 3.85. The molecule has 1 aromatic heterocycles. The summed E-state index contributed by atoms with van der Waals surface area (Å²) in [5, 5.41) is -0.103. The fraction of sp³-hybridized carbons (Fsp3) is 0.682. The molecule has 2 saturated carbocycles. The van der Waals surface area contributed by atoms with Crippen LogP contribution in [0.3, 0.4) is 0 Å². The number of nitrogens with zero attached hydrogens (tertiary/aromatic N) is 5. The van der Waals surface area contributed by atoms with E-state index in [1.807, 2.05) is 0 Å². The van der Waals surface area contributed by atoms with Crippen molar-refractivity contribution in [3.05, 3.63) is 29.7 Å². The molecule has 6 unspecified atom stereocenters. The van der Waals surface area contributed by atoms with Gasteiger partial charge in [-0.3, -0.25) is 14.7 Å². The van der Waals surface area contributed by atoms with Crippen LogP contribution in [0.15, 0.2) is 24.5 Å². The number of carbonyl (C=O) groups is 1. The maximum atomic E-state index is 13.2. The second-order valence-electron chi connectivity index (χ2n) is 9.78. The predicted molar refractivity (Wildman–Crippen MR) is 128 cm³/mol. The zero-order valence-corrected chi connectivity index (χ0v) is 20.7. The lowest BCUT2D eigenvalue weighted by molar-refractivity contribution is -0.131. The zero-order chi connectivity index (χ0) is 22.0.